The topological polar surface area (TPSA) is 58.1 Å². The van der Waals surface area contributed by atoms with Gasteiger partial charge in [-0.3, -0.25) is 14.7 Å². The molecule has 1 aliphatic heterocycles. The second-order valence-corrected chi connectivity index (χ2v) is 9.58. The number of pyridine rings is 1. The van der Waals surface area contributed by atoms with Crippen molar-refractivity contribution in [3.05, 3.63) is 107 Å². The van der Waals surface area contributed by atoms with Crippen LogP contribution in [0.15, 0.2) is 90.6 Å². The molecular formula is C29H28N4OS. The van der Waals surface area contributed by atoms with Gasteiger partial charge in [-0.05, 0) is 55.3 Å². The number of carbonyl (C=O) groups excluding carboxylic acids is 1. The Balaban J connectivity index is 1.17. The molecule has 0 atom stereocenters. The van der Waals surface area contributed by atoms with Crippen LogP contribution in [0.5, 0.6) is 0 Å². The molecule has 5 nitrogen and oxygen atoms in total. The van der Waals surface area contributed by atoms with Crippen molar-refractivity contribution in [3.8, 4) is 11.1 Å². The normalized spacial score (nSPS) is 14.9. The van der Waals surface area contributed by atoms with Gasteiger partial charge in [-0.1, -0.05) is 60.7 Å². The molecule has 2 aromatic carbocycles. The summed E-state index contributed by atoms with van der Waals surface area (Å²) in [7, 11) is 0. The summed E-state index contributed by atoms with van der Waals surface area (Å²) in [6.07, 6.45) is 10.1. The number of aromatic nitrogens is 2. The lowest BCUT2D eigenvalue weighted by atomic mass is 9.97. The van der Waals surface area contributed by atoms with Gasteiger partial charge in [0.05, 0.1) is 5.01 Å². The molecule has 6 heteroatoms. The van der Waals surface area contributed by atoms with Crippen molar-refractivity contribution in [2.75, 3.05) is 25.0 Å². The van der Waals surface area contributed by atoms with Crippen molar-refractivity contribution in [2.24, 2.45) is 0 Å². The predicted molar refractivity (Wildman–Crippen MR) is 144 cm³/mol. The Kier molecular flexibility index (Phi) is 7.41. The first-order valence-electron chi connectivity index (χ1n) is 12.0. The van der Waals surface area contributed by atoms with Crippen LogP contribution in [0.25, 0.3) is 17.2 Å². The number of amides is 1. The molecule has 4 aromatic rings. The largest absolute Gasteiger partial charge is 0.320 e. The molecule has 0 radical (unpaired) electrons. The minimum atomic E-state index is -0.158. The number of nitrogens with zero attached hydrogens (tertiary/aromatic N) is 3. The van der Waals surface area contributed by atoms with Crippen molar-refractivity contribution in [3.63, 3.8) is 0 Å². The fourth-order valence-electron chi connectivity index (χ4n) is 4.40. The van der Waals surface area contributed by atoms with Crippen LogP contribution in [0, 0.1) is 0 Å². The highest BCUT2D eigenvalue weighted by Gasteiger charge is 2.23. The maximum atomic E-state index is 13.0. The average Bonchev–Trinajstić information content (AvgIpc) is 3.41. The van der Waals surface area contributed by atoms with Gasteiger partial charge in [-0.25, -0.2) is 4.98 Å². The minimum absolute atomic E-state index is 0.158. The number of anilines is 1. The summed E-state index contributed by atoms with van der Waals surface area (Å²) < 4.78 is 0. The molecule has 0 unspecified atom stereocenters. The van der Waals surface area contributed by atoms with Gasteiger partial charge in [0.1, 0.15) is 5.69 Å². The molecular weight excluding hydrogens is 452 g/mol. The fourth-order valence-corrected chi connectivity index (χ4v) is 5.37. The van der Waals surface area contributed by atoms with Crippen LogP contribution in [0.2, 0.25) is 0 Å². The zero-order valence-corrected chi connectivity index (χ0v) is 20.3. The summed E-state index contributed by atoms with van der Waals surface area (Å²) in [4.78, 5) is 24.2. The summed E-state index contributed by atoms with van der Waals surface area (Å²) in [5, 5.41) is 6.03. The second kappa shape index (κ2) is 11.2. The third-order valence-electron chi connectivity index (χ3n) is 6.33. The second-order valence-electron chi connectivity index (χ2n) is 8.69. The number of hydrogen-bond acceptors (Lipinski definition) is 5. The SMILES string of the molecule is O=C(Nc1ccccc1-c1ccccc1)c1csc(C2CCN(CC=Cc3ccncc3)CC2)n1. The predicted octanol–water partition coefficient (Wildman–Crippen LogP) is 6.35. The van der Waals surface area contributed by atoms with E-state index in [2.05, 4.69) is 27.4 Å². The summed E-state index contributed by atoms with van der Waals surface area (Å²) in [6, 6.07) is 22.0. The van der Waals surface area contributed by atoms with Crippen LogP contribution >= 0.6 is 11.3 Å². The van der Waals surface area contributed by atoms with E-state index in [0.29, 0.717) is 11.6 Å². The zero-order chi connectivity index (χ0) is 23.9. The molecule has 1 saturated heterocycles. The van der Waals surface area contributed by atoms with Gasteiger partial charge in [0.25, 0.3) is 5.91 Å². The fraction of sp³-hybridized carbons (Fsp3) is 0.207. The summed E-state index contributed by atoms with van der Waals surface area (Å²) in [5.41, 5.74) is 4.55. The van der Waals surface area contributed by atoms with Crippen LogP contribution in [0.4, 0.5) is 5.69 Å². The smallest absolute Gasteiger partial charge is 0.275 e. The Morgan fingerprint density at radius 1 is 1.00 bits per heavy atom. The van der Waals surface area contributed by atoms with Gasteiger partial charge in [0.2, 0.25) is 0 Å². The molecule has 1 N–H and O–H groups in total. The van der Waals surface area contributed by atoms with Gasteiger partial charge in [0.15, 0.2) is 0 Å². The molecule has 0 bridgehead atoms. The van der Waals surface area contributed by atoms with Crippen LogP contribution in [0.3, 0.4) is 0 Å². The zero-order valence-electron chi connectivity index (χ0n) is 19.5. The molecule has 0 spiro atoms. The maximum absolute atomic E-state index is 13.0. The Bertz CT molecular complexity index is 1280. The first-order valence-corrected chi connectivity index (χ1v) is 12.8. The first-order chi connectivity index (χ1) is 17.3. The van der Waals surface area contributed by atoms with E-state index in [1.807, 2.05) is 84.5 Å². The van der Waals surface area contributed by atoms with Gasteiger partial charge >= 0.3 is 0 Å². The maximum Gasteiger partial charge on any atom is 0.275 e. The molecule has 0 aliphatic carbocycles. The molecule has 0 saturated carbocycles. The molecule has 176 valence electrons. The number of benzene rings is 2. The van der Waals surface area contributed by atoms with Gasteiger partial charge in [0, 0.05) is 41.5 Å². The van der Waals surface area contributed by atoms with E-state index in [0.717, 1.165) is 54.3 Å². The summed E-state index contributed by atoms with van der Waals surface area (Å²) in [6.45, 7) is 3.02. The minimum Gasteiger partial charge on any atom is -0.320 e. The molecule has 1 amide bonds. The highest BCUT2D eigenvalue weighted by atomic mass is 32.1. The number of para-hydroxylation sites is 1. The lowest BCUT2D eigenvalue weighted by Crippen LogP contribution is -2.33. The number of likely N-dealkylation sites (tertiary alicyclic amines) is 1. The Morgan fingerprint density at radius 2 is 1.74 bits per heavy atom. The molecule has 1 fully saturated rings. The number of piperidine rings is 1. The van der Waals surface area contributed by atoms with Gasteiger partial charge in [-0.15, -0.1) is 11.3 Å². The van der Waals surface area contributed by atoms with E-state index < -0.39 is 0 Å². The van der Waals surface area contributed by atoms with Crippen LogP contribution in [0.1, 0.15) is 39.8 Å². The standard InChI is InChI=1S/C29H28N4OS/c34-28(31-26-11-5-4-10-25(26)23-8-2-1-3-9-23)27-21-35-29(32-27)24-14-19-33(20-15-24)18-6-7-22-12-16-30-17-13-22/h1-13,16-17,21,24H,14-15,18-20H2,(H,31,34). The quantitative estimate of drug-likeness (QED) is 0.335. The van der Waals surface area contributed by atoms with E-state index in [-0.39, 0.29) is 5.91 Å². The number of carbonyl (C=O) groups is 1. The molecule has 2 aromatic heterocycles. The number of hydrogen-bond donors (Lipinski definition) is 1. The van der Waals surface area contributed by atoms with Crippen LogP contribution in [-0.2, 0) is 0 Å². The van der Waals surface area contributed by atoms with E-state index in [9.17, 15) is 4.79 Å². The van der Waals surface area contributed by atoms with E-state index in [1.165, 1.54) is 5.56 Å². The van der Waals surface area contributed by atoms with E-state index >= 15 is 0 Å². The van der Waals surface area contributed by atoms with Crippen molar-refractivity contribution in [2.45, 2.75) is 18.8 Å². The molecule has 35 heavy (non-hydrogen) atoms. The number of thiazole rings is 1. The number of nitrogens with one attached hydrogen (secondary N) is 1. The van der Waals surface area contributed by atoms with E-state index in [1.54, 1.807) is 11.3 Å². The van der Waals surface area contributed by atoms with Gasteiger partial charge in [-0.2, -0.15) is 0 Å². The van der Waals surface area contributed by atoms with Crippen LogP contribution < -0.4 is 5.32 Å². The van der Waals surface area contributed by atoms with Gasteiger partial charge < -0.3 is 5.32 Å². The summed E-state index contributed by atoms with van der Waals surface area (Å²) >= 11 is 1.60. The lowest BCUT2D eigenvalue weighted by Gasteiger charge is -2.30. The molecule has 3 heterocycles. The molecule has 5 rings (SSSR count). The Hall–Kier alpha value is -3.61. The highest BCUT2D eigenvalue weighted by molar-refractivity contribution is 7.10. The third-order valence-corrected chi connectivity index (χ3v) is 7.34. The average molecular weight is 481 g/mol. The Labute approximate surface area is 210 Å². The van der Waals surface area contributed by atoms with Crippen molar-refractivity contribution < 1.29 is 4.79 Å². The monoisotopic (exact) mass is 480 g/mol. The Morgan fingerprint density at radius 3 is 2.54 bits per heavy atom. The molecule has 1 aliphatic rings. The summed E-state index contributed by atoms with van der Waals surface area (Å²) in [5.74, 6) is 0.258. The van der Waals surface area contributed by atoms with E-state index in [4.69, 9.17) is 4.98 Å². The lowest BCUT2D eigenvalue weighted by molar-refractivity contribution is 0.102. The van der Waals surface area contributed by atoms with Crippen molar-refractivity contribution >= 4 is 29.0 Å². The van der Waals surface area contributed by atoms with Crippen LogP contribution in [-0.4, -0.2) is 40.4 Å². The third kappa shape index (κ3) is 5.91. The number of rotatable bonds is 7. The van der Waals surface area contributed by atoms with Crippen molar-refractivity contribution in [1.29, 1.82) is 0 Å². The first kappa shape index (κ1) is 23.1. The highest BCUT2D eigenvalue weighted by Crippen LogP contribution is 2.31. The van der Waals surface area contributed by atoms with Crippen molar-refractivity contribution in [1.82, 2.24) is 14.9 Å².